The van der Waals surface area contributed by atoms with Gasteiger partial charge in [0.1, 0.15) is 11.6 Å². The molecule has 0 aliphatic rings. The van der Waals surface area contributed by atoms with Gasteiger partial charge in [-0.3, -0.25) is 4.79 Å². The second-order valence-corrected chi connectivity index (χ2v) is 6.64. The van der Waals surface area contributed by atoms with Crippen molar-refractivity contribution in [2.45, 2.75) is 33.3 Å². The molecule has 0 saturated carbocycles. The van der Waals surface area contributed by atoms with E-state index in [9.17, 15) is 14.0 Å². The van der Waals surface area contributed by atoms with Crippen molar-refractivity contribution in [2.24, 2.45) is 0 Å². The van der Waals surface area contributed by atoms with Gasteiger partial charge in [0, 0.05) is 11.3 Å². The summed E-state index contributed by atoms with van der Waals surface area (Å²) in [6.45, 7) is 5.57. The van der Waals surface area contributed by atoms with E-state index in [2.05, 4.69) is 15.3 Å². The summed E-state index contributed by atoms with van der Waals surface area (Å²) in [7, 11) is 0. The summed E-state index contributed by atoms with van der Waals surface area (Å²) >= 11 is 0. The lowest BCUT2D eigenvalue weighted by Crippen LogP contribution is -2.32. The van der Waals surface area contributed by atoms with Crippen LogP contribution in [0.4, 0.5) is 10.1 Å². The van der Waals surface area contributed by atoms with E-state index < -0.39 is 23.8 Å². The topological polar surface area (TPSA) is 84.1 Å². The predicted octanol–water partition coefficient (Wildman–Crippen LogP) is 4.41. The standard InChI is InChI=1S/C22H22FN3O3/c1-4-19(21(27)26-18-8-6-5-7-17(18)23)29-22(28)16-11-9-15(10-12-16)20-24-13(2)14(3)25-20/h5-12,19H,4H2,1-3H3,(H,24,25)(H,26,27). The Kier molecular flexibility index (Phi) is 6.07. The van der Waals surface area contributed by atoms with Crippen LogP contribution in [0, 0.1) is 19.7 Å². The Balaban J connectivity index is 1.67. The minimum Gasteiger partial charge on any atom is -0.449 e. The number of aryl methyl sites for hydroxylation is 2. The monoisotopic (exact) mass is 395 g/mol. The number of hydrogen-bond donors (Lipinski definition) is 2. The lowest BCUT2D eigenvalue weighted by Gasteiger charge is -2.16. The molecule has 2 N–H and O–H groups in total. The van der Waals surface area contributed by atoms with E-state index in [1.165, 1.54) is 18.2 Å². The first-order valence-electron chi connectivity index (χ1n) is 9.29. The summed E-state index contributed by atoms with van der Waals surface area (Å²) in [5, 5.41) is 2.45. The first kappa shape index (κ1) is 20.3. The fourth-order valence-electron chi connectivity index (χ4n) is 2.74. The van der Waals surface area contributed by atoms with E-state index >= 15 is 0 Å². The lowest BCUT2D eigenvalue weighted by molar-refractivity contribution is -0.124. The predicted molar refractivity (Wildman–Crippen MR) is 108 cm³/mol. The first-order chi connectivity index (χ1) is 13.9. The fraction of sp³-hybridized carbons (Fsp3) is 0.227. The SMILES string of the molecule is CCC(OC(=O)c1ccc(-c2nc(C)c(C)[nH]2)cc1)C(=O)Nc1ccccc1F. The van der Waals surface area contributed by atoms with Crippen LogP contribution < -0.4 is 5.32 Å². The van der Waals surface area contributed by atoms with E-state index in [1.54, 1.807) is 37.3 Å². The normalized spacial score (nSPS) is 11.7. The largest absolute Gasteiger partial charge is 0.449 e. The van der Waals surface area contributed by atoms with E-state index in [4.69, 9.17) is 4.74 Å². The zero-order chi connectivity index (χ0) is 21.0. The van der Waals surface area contributed by atoms with Gasteiger partial charge in [-0.1, -0.05) is 31.2 Å². The van der Waals surface area contributed by atoms with Gasteiger partial charge < -0.3 is 15.0 Å². The maximum absolute atomic E-state index is 13.7. The molecule has 1 aromatic heterocycles. The first-order valence-corrected chi connectivity index (χ1v) is 9.29. The number of rotatable bonds is 6. The number of halogens is 1. The van der Waals surface area contributed by atoms with Crippen molar-refractivity contribution in [3.05, 3.63) is 71.3 Å². The summed E-state index contributed by atoms with van der Waals surface area (Å²) < 4.78 is 19.1. The molecule has 0 fully saturated rings. The molecule has 0 aliphatic heterocycles. The van der Waals surface area contributed by atoms with Crippen LogP contribution in [-0.2, 0) is 9.53 Å². The third-order valence-corrected chi connectivity index (χ3v) is 4.57. The number of carbonyl (C=O) groups is 2. The molecule has 29 heavy (non-hydrogen) atoms. The third-order valence-electron chi connectivity index (χ3n) is 4.57. The Morgan fingerprint density at radius 2 is 1.83 bits per heavy atom. The smallest absolute Gasteiger partial charge is 0.338 e. The van der Waals surface area contributed by atoms with Gasteiger partial charge in [0.15, 0.2) is 6.10 Å². The van der Waals surface area contributed by atoms with E-state index in [0.29, 0.717) is 5.56 Å². The van der Waals surface area contributed by atoms with Crippen molar-refractivity contribution in [3.8, 4) is 11.4 Å². The van der Waals surface area contributed by atoms with Gasteiger partial charge >= 0.3 is 5.97 Å². The van der Waals surface area contributed by atoms with Crippen LogP contribution in [0.5, 0.6) is 0 Å². The van der Waals surface area contributed by atoms with Crippen molar-refractivity contribution < 1.29 is 18.7 Å². The van der Waals surface area contributed by atoms with Gasteiger partial charge in [0.05, 0.1) is 16.9 Å². The van der Waals surface area contributed by atoms with Gasteiger partial charge in [0.2, 0.25) is 0 Å². The molecule has 1 amide bonds. The number of amides is 1. The molecule has 1 unspecified atom stereocenters. The summed E-state index contributed by atoms with van der Waals surface area (Å²) in [6, 6.07) is 12.6. The number of aromatic nitrogens is 2. The maximum atomic E-state index is 13.7. The number of aromatic amines is 1. The second-order valence-electron chi connectivity index (χ2n) is 6.64. The number of hydrogen-bond acceptors (Lipinski definition) is 4. The number of para-hydroxylation sites is 1. The van der Waals surface area contributed by atoms with Gasteiger partial charge in [-0.05, 0) is 44.5 Å². The van der Waals surface area contributed by atoms with Crippen LogP contribution in [0.3, 0.4) is 0 Å². The summed E-state index contributed by atoms with van der Waals surface area (Å²) in [6.07, 6.45) is -0.771. The van der Waals surface area contributed by atoms with Crippen LogP contribution in [0.15, 0.2) is 48.5 Å². The average Bonchev–Trinajstić information content (AvgIpc) is 3.06. The van der Waals surface area contributed by atoms with E-state index in [1.807, 2.05) is 13.8 Å². The summed E-state index contributed by atoms with van der Waals surface area (Å²) in [5.74, 6) is -1.04. The number of nitrogens with one attached hydrogen (secondary N) is 2. The molecule has 3 rings (SSSR count). The highest BCUT2D eigenvalue weighted by Crippen LogP contribution is 2.19. The van der Waals surface area contributed by atoms with Crippen molar-refractivity contribution in [1.82, 2.24) is 9.97 Å². The highest BCUT2D eigenvalue weighted by Gasteiger charge is 2.23. The van der Waals surface area contributed by atoms with Crippen molar-refractivity contribution in [2.75, 3.05) is 5.32 Å². The molecule has 0 radical (unpaired) electrons. The van der Waals surface area contributed by atoms with Gasteiger partial charge in [-0.2, -0.15) is 0 Å². The van der Waals surface area contributed by atoms with Crippen molar-refractivity contribution in [3.63, 3.8) is 0 Å². The van der Waals surface area contributed by atoms with Crippen LogP contribution in [-0.4, -0.2) is 27.9 Å². The molecule has 1 heterocycles. The van der Waals surface area contributed by atoms with E-state index in [-0.39, 0.29) is 12.1 Å². The Morgan fingerprint density at radius 3 is 2.41 bits per heavy atom. The number of carbonyl (C=O) groups excluding carboxylic acids is 2. The minimum atomic E-state index is -1.03. The number of ether oxygens (including phenoxy) is 1. The number of nitrogens with zero attached hydrogens (tertiary/aromatic N) is 1. The number of benzene rings is 2. The van der Waals surface area contributed by atoms with Gasteiger partial charge in [0.25, 0.3) is 5.91 Å². The zero-order valence-corrected chi connectivity index (χ0v) is 16.5. The Bertz CT molecular complexity index is 1010. The van der Waals surface area contributed by atoms with Crippen molar-refractivity contribution >= 4 is 17.6 Å². The maximum Gasteiger partial charge on any atom is 0.338 e. The molecule has 1 atom stereocenters. The lowest BCUT2D eigenvalue weighted by atomic mass is 10.1. The Labute approximate surface area is 168 Å². The van der Waals surface area contributed by atoms with Crippen LogP contribution in [0.1, 0.15) is 35.1 Å². The van der Waals surface area contributed by atoms with E-state index in [0.717, 1.165) is 22.8 Å². The molecule has 7 heteroatoms. The molecular formula is C22H22FN3O3. The highest BCUT2D eigenvalue weighted by atomic mass is 19.1. The Hall–Kier alpha value is -3.48. The van der Waals surface area contributed by atoms with Gasteiger partial charge in [-0.15, -0.1) is 0 Å². The fourth-order valence-corrected chi connectivity index (χ4v) is 2.74. The van der Waals surface area contributed by atoms with Gasteiger partial charge in [-0.25, -0.2) is 14.2 Å². The highest BCUT2D eigenvalue weighted by molar-refractivity contribution is 5.97. The molecule has 3 aromatic rings. The molecular weight excluding hydrogens is 373 g/mol. The molecule has 6 nitrogen and oxygen atoms in total. The Morgan fingerprint density at radius 1 is 1.14 bits per heavy atom. The number of H-pyrrole nitrogens is 1. The quantitative estimate of drug-likeness (QED) is 0.606. The molecule has 0 bridgehead atoms. The van der Waals surface area contributed by atoms with Crippen LogP contribution >= 0.6 is 0 Å². The second kappa shape index (κ2) is 8.68. The number of esters is 1. The number of anilines is 1. The minimum absolute atomic E-state index is 0.0420. The zero-order valence-electron chi connectivity index (χ0n) is 16.5. The van der Waals surface area contributed by atoms with Crippen LogP contribution in [0.25, 0.3) is 11.4 Å². The third kappa shape index (κ3) is 4.68. The summed E-state index contributed by atoms with van der Waals surface area (Å²) in [4.78, 5) is 32.4. The number of imidazole rings is 1. The molecule has 0 saturated heterocycles. The molecule has 2 aromatic carbocycles. The van der Waals surface area contributed by atoms with Crippen LogP contribution in [0.2, 0.25) is 0 Å². The molecule has 0 spiro atoms. The average molecular weight is 395 g/mol. The summed E-state index contributed by atoms with van der Waals surface area (Å²) in [5.41, 5.74) is 3.08. The van der Waals surface area contributed by atoms with Crippen molar-refractivity contribution in [1.29, 1.82) is 0 Å². The molecule has 0 aliphatic carbocycles. The molecule has 150 valence electrons.